The van der Waals surface area contributed by atoms with Gasteiger partial charge in [-0.15, -0.1) is 12.4 Å². The van der Waals surface area contributed by atoms with E-state index in [-0.39, 0.29) is 29.1 Å². The van der Waals surface area contributed by atoms with Crippen LogP contribution < -0.4 is 10.6 Å². The maximum absolute atomic E-state index is 11.7. The molecule has 1 unspecified atom stereocenters. The van der Waals surface area contributed by atoms with Crippen LogP contribution >= 0.6 is 12.4 Å². The second kappa shape index (κ2) is 5.87. The van der Waals surface area contributed by atoms with Gasteiger partial charge in [-0.25, -0.2) is 0 Å². The molecule has 1 heterocycles. The highest BCUT2D eigenvalue weighted by molar-refractivity contribution is 5.85. The van der Waals surface area contributed by atoms with Crippen molar-refractivity contribution in [2.45, 2.75) is 40.5 Å². The third-order valence-electron chi connectivity index (χ3n) is 3.04. The maximum Gasteiger partial charge on any atom is 0.225 e. The largest absolute Gasteiger partial charge is 0.355 e. The minimum absolute atomic E-state index is 0. The fraction of sp³-hybridized carbons (Fsp3) is 0.917. The normalized spacial score (nSPS) is 25.8. The lowest BCUT2D eigenvalue weighted by molar-refractivity contribution is -0.129. The smallest absolute Gasteiger partial charge is 0.225 e. The number of amides is 1. The van der Waals surface area contributed by atoms with Crippen LogP contribution in [0, 0.1) is 10.8 Å². The molecule has 3 nitrogen and oxygen atoms in total. The van der Waals surface area contributed by atoms with Crippen molar-refractivity contribution in [3.63, 3.8) is 0 Å². The highest BCUT2D eigenvalue weighted by atomic mass is 35.5. The van der Waals surface area contributed by atoms with Gasteiger partial charge in [0.2, 0.25) is 5.91 Å². The molecule has 16 heavy (non-hydrogen) atoms. The van der Waals surface area contributed by atoms with Crippen LogP contribution in [-0.2, 0) is 4.79 Å². The fourth-order valence-corrected chi connectivity index (χ4v) is 1.83. The Morgan fingerprint density at radius 2 is 2.06 bits per heavy atom. The maximum atomic E-state index is 11.7. The summed E-state index contributed by atoms with van der Waals surface area (Å²) in [5.41, 5.74) is -0.0440. The Balaban J connectivity index is 0.00000225. The van der Waals surface area contributed by atoms with Crippen LogP contribution in [0.5, 0.6) is 0 Å². The monoisotopic (exact) mass is 248 g/mol. The van der Waals surface area contributed by atoms with Crippen LogP contribution in [0.15, 0.2) is 0 Å². The van der Waals surface area contributed by atoms with Crippen molar-refractivity contribution in [2.75, 3.05) is 19.6 Å². The van der Waals surface area contributed by atoms with E-state index in [0.29, 0.717) is 0 Å². The Bertz CT molecular complexity index is 230. The highest BCUT2D eigenvalue weighted by Gasteiger charge is 2.29. The summed E-state index contributed by atoms with van der Waals surface area (Å²) >= 11 is 0. The molecule has 0 bridgehead atoms. The summed E-state index contributed by atoms with van der Waals surface area (Å²) in [5, 5.41) is 6.44. The summed E-state index contributed by atoms with van der Waals surface area (Å²) < 4.78 is 0. The zero-order valence-electron chi connectivity index (χ0n) is 10.9. The van der Waals surface area contributed by atoms with Crippen LogP contribution in [0.2, 0.25) is 0 Å². The molecule has 1 fully saturated rings. The summed E-state index contributed by atoms with van der Waals surface area (Å²) in [7, 11) is 0. The van der Waals surface area contributed by atoms with E-state index in [1.165, 1.54) is 12.8 Å². The zero-order chi connectivity index (χ0) is 11.5. The molecule has 96 valence electrons. The van der Waals surface area contributed by atoms with E-state index in [9.17, 15) is 4.79 Å². The number of hydrogen-bond acceptors (Lipinski definition) is 2. The van der Waals surface area contributed by atoms with E-state index in [1.807, 2.05) is 20.8 Å². The summed E-state index contributed by atoms with van der Waals surface area (Å²) in [5.74, 6) is 0.147. The van der Waals surface area contributed by atoms with Gasteiger partial charge in [0.25, 0.3) is 0 Å². The molecule has 0 saturated carbocycles. The third-order valence-corrected chi connectivity index (χ3v) is 3.04. The number of piperidine rings is 1. The standard InChI is InChI=1S/C12H24N2O.ClH/c1-11(2,3)10(15)14-9-12(4)6-5-7-13-8-12;/h13H,5-9H2,1-4H3,(H,14,15);1H. The van der Waals surface area contributed by atoms with Crippen LogP contribution in [-0.4, -0.2) is 25.5 Å². The van der Waals surface area contributed by atoms with Gasteiger partial charge in [0, 0.05) is 18.5 Å². The Morgan fingerprint density at radius 1 is 1.44 bits per heavy atom. The van der Waals surface area contributed by atoms with E-state index in [1.54, 1.807) is 0 Å². The van der Waals surface area contributed by atoms with Gasteiger partial charge in [-0.1, -0.05) is 27.7 Å². The van der Waals surface area contributed by atoms with Crippen LogP contribution in [0.25, 0.3) is 0 Å². The summed E-state index contributed by atoms with van der Waals surface area (Å²) in [6.07, 6.45) is 2.41. The molecule has 0 aromatic heterocycles. The van der Waals surface area contributed by atoms with Crippen LogP contribution in [0.1, 0.15) is 40.5 Å². The molecule has 0 spiro atoms. The summed E-state index contributed by atoms with van der Waals surface area (Å²) in [6.45, 7) is 11.0. The van der Waals surface area contributed by atoms with E-state index in [2.05, 4.69) is 17.6 Å². The molecule has 0 aromatic carbocycles. The Morgan fingerprint density at radius 3 is 2.50 bits per heavy atom. The summed E-state index contributed by atoms with van der Waals surface area (Å²) in [6, 6.07) is 0. The summed E-state index contributed by atoms with van der Waals surface area (Å²) in [4.78, 5) is 11.7. The first-order valence-electron chi connectivity index (χ1n) is 5.83. The van der Waals surface area contributed by atoms with Crippen molar-refractivity contribution in [2.24, 2.45) is 10.8 Å². The first-order valence-corrected chi connectivity index (χ1v) is 5.83. The van der Waals surface area contributed by atoms with Crippen molar-refractivity contribution < 1.29 is 4.79 Å². The predicted octanol–water partition coefficient (Wildman–Crippen LogP) is 1.96. The average molecular weight is 249 g/mol. The Kier molecular flexibility index (Phi) is 5.77. The molecular formula is C12H25ClN2O. The van der Waals surface area contributed by atoms with E-state index >= 15 is 0 Å². The zero-order valence-corrected chi connectivity index (χ0v) is 11.7. The van der Waals surface area contributed by atoms with Crippen molar-refractivity contribution in [1.82, 2.24) is 10.6 Å². The van der Waals surface area contributed by atoms with Gasteiger partial charge in [-0.2, -0.15) is 0 Å². The predicted molar refractivity (Wildman–Crippen MR) is 69.9 cm³/mol. The van der Waals surface area contributed by atoms with Gasteiger partial charge < -0.3 is 10.6 Å². The van der Waals surface area contributed by atoms with E-state index < -0.39 is 0 Å². The Hall–Kier alpha value is -0.280. The molecule has 4 heteroatoms. The highest BCUT2D eigenvalue weighted by Crippen LogP contribution is 2.24. The fourth-order valence-electron chi connectivity index (χ4n) is 1.83. The van der Waals surface area contributed by atoms with Gasteiger partial charge in [-0.3, -0.25) is 4.79 Å². The average Bonchev–Trinajstić information content (AvgIpc) is 2.14. The van der Waals surface area contributed by atoms with Gasteiger partial charge >= 0.3 is 0 Å². The second-order valence-corrected chi connectivity index (χ2v) is 6.02. The van der Waals surface area contributed by atoms with Gasteiger partial charge in [0.05, 0.1) is 0 Å². The molecular weight excluding hydrogens is 224 g/mol. The molecule has 0 aliphatic carbocycles. The minimum atomic E-state index is -0.279. The molecule has 1 rings (SSSR count). The lowest BCUT2D eigenvalue weighted by Gasteiger charge is -2.35. The van der Waals surface area contributed by atoms with Gasteiger partial charge in [0.1, 0.15) is 0 Å². The number of halogens is 1. The number of carbonyl (C=O) groups excluding carboxylic acids is 1. The number of nitrogens with one attached hydrogen (secondary N) is 2. The number of hydrogen-bond donors (Lipinski definition) is 2. The molecule has 1 saturated heterocycles. The molecule has 1 aliphatic heterocycles. The van der Waals surface area contributed by atoms with E-state index in [4.69, 9.17) is 0 Å². The molecule has 1 atom stereocenters. The van der Waals surface area contributed by atoms with Gasteiger partial charge in [-0.05, 0) is 24.8 Å². The third kappa shape index (κ3) is 4.71. The molecule has 0 aromatic rings. The van der Waals surface area contributed by atoms with Crippen molar-refractivity contribution in [1.29, 1.82) is 0 Å². The molecule has 1 aliphatic rings. The number of rotatable bonds is 2. The van der Waals surface area contributed by atoms with E-state index in [0.717, 1.165) is 19.6 Å². The first kappa shape index (κ1) is 15.7. The second-order valence-electron chi connectivity index (χ2n) is 6.02. The minimum Gasteiger partial charge on any atom is -0.355 e. The van der Waals surface area contributed by atoms with Crippen LogP contribution in [0.3, 0.4) is 0 Å². The Labute approximate surface area is 105 Å². The van der Waals surface area contributed by atoms with Crippen molar-refractivity contribution >= 4 is 18.3 Å². The first-order chi connectivity index (χ1) is 6.83. The number of carbonyl (C=O) groups is 1. The van der Waals surface area contributed by atoms with Gasteiger partial charge in [0.15, 0.2) is 0 Å². The topological polar surface area (TPSA) is 41.1 Å². The van der Waals surface area contributed by atoms with Crippen molar-refractivity contribution in [3.8, 4) is 0 Å². The van der Waals surface area contributed by atoms with Crippen molar-refractivity contribution in [3.05, 3.63) is 0 Å². The van der Waals surface area contributed by atoms with Crippen LogP contribution in [0.4, 0.5) is 0 Å². The lowest BCUT2D eigenvalue weighted by Crippen LogP contribution is -2.47. The lowest BCUT2D eigenvalue weighted by atomic mass is 9.82. The molecule has 1 amide bonds. The molecule has 2 N–H and O–H groups in total. The molecule has 0 radical (unpaired) electrons. The SMILES string of the molecule is CC1(CNC(=O)C(C)(C)C)CCCNC1.Cl. The quantitative estimate of drug-likeness (QED) is 0.785.